The van der Waals surface area contributed by atoms with Crippen LogP contribution in [0.5, 0.6) is 0 Å². The summed E-state index contributed by atoms with van der Waals surface area (Å²) in [7, 11) is 0. The highest BCUT2D eigenvalue weighted by molar-refractivity contribution is 8.14. The highest BCUT2D eigenvalue weighted by Gasteiger charge is 2.43. The molecule has 18 heavy (non-hydrogen) atoms. The van der Waals surface area contributed by atoms with Gasteiger partial charge in [-0.15, -0.1) is 0 Å². The number of rotatable bonds is 3. The minimum atomic E-state index is -1.27. The number of carboxylic acids is 1. The number of aliphatic carboxylic acids is 1. The third-order valence-electron chi connectivity index (χ3n) is 3.11. The van der Waals surface area contributed by atoms with Gasteiger partial charge in [0.25, 0.3) is 5.24 Å². The van der Waals surface area contributed by atoms with E-state index >= 15 is 0 Å². The first-order chi connectivity index (χ1) is 8.53. The van der Waals surface area contributed by atoms with E-state index in [1.54, 1.807) is 0 Å². The van der Waals surface area contributed by atoms with Crippen LogP contribution in [0.1, 0.15) is 12.8 Å². The molecule has 2 aliphatic rings. The van der Waals surface area contributed by atoms with Crippen LogP contribution in [0.15, 0.2) is 0 Å². The number of thioether (sulfide) groups is 1. The van der Waals surface area contributed by atoms with Crippen molar-refractivity contribution in [3.05, 3.63) is 0 Å². The topological polar surface area (TPSA) is 105 Å². The summed E-state index contributed by atoms with van der Waals surface area (Å²) in [5, 5.41) is 14.0. The predicted molar refractivity (Wildman–Crippen MR) is 63.3 cm³/mol. The maximum atomic E-state index is 11.9. The van der Waals surface area contributed by atoms with E-state index in [1.165, 1.54) is 0 Å². The molecule has 0 spiro atoms. The Labute approximate surface area is 108 Å². The Bertz CT molecular complexity index is 380. The minimum absolute atomic E-state index is 0.238. The van der Waals surface area contributed by atoms with Crippen LogP contribution in [0, 0.1) is 0 Å². The highest BCUT2D eigenvalue weighted by Crippen LogP contribution is 2.22. The van der Waals surface area contributed by atoms with Crippen molar-refractivity contribution >= 4 is 28.9 Å². The first-order valence-corrected chi connectivity index (χ1v) is 6.58. The van der Waals surface area contributed by atoms with Crippen molar-refractivity contribution in [2.75, 3.05) is 19.0 Å². The molecule has 2 amide bonds. The van der Waals surface area contributed by atoms with Gasteiger partial charge in [0.15, 0.2) is 0 Å². The summed E-state index contributed by atoms with van der Waals surface area (Å²) in [6, 6.07) is -0.651. The van der Waals surface area contributed by atoms with Crippen molar-refractivity contribution < 1.29 is 24.2 Å². The van der Waals surface area contributed by atoms with Gasteiger partial charge < -0.3 is 20.5 Å². The summed E-state index contributed by atoms with van der Waals surface area (Å²) in [6.07, 6.45) is 0.476. The lowest BCUT2D eigenvalue weighted by Crippen LogP contribution is -2.60. The average molecular weight is 274 g/mol. The third kappa shape index (κ3) is 2.59. The number of carbonyl (C=O) groups excluding carboxylic acids is 2. The van der Waals surface area contributed by atoms with Crippen LogP contribution in [-0.4, -0.2) is 52.8 Å². The molecule has 2 heterocycles. The first-order valence-electron chi connectivity index (χ1n) is 5.60. The van der Waals surface area contributed by atoms with Gasteiger partial charge in [-0.2, -0.15) is 0 Å². The Morgan fingerprint density at radius 3 is 2.61 bits per heavy atom. The molecule has 1 atom stereocenters. The molecule has 0 aromatic carbocycles. The normalized spacial score (nSPS) is 26.4. The molecule has 2 aliphatic heterocycles. The first kappa shape index (κ1) is 13.2. The van der Waals surface area contributed by atoms with Gasteiger partial charge in [0, 0.05) is 31.8 Å². The van der Waals surface area contributed by atoms with E-state index in [1.807, 2.05) is 0 Å². The van der Waals surface area contributed by atoms with Crippen molar-refractivity contribution in [1.82, 2.24) is 10.6 Å². The molecule has 1 unspecified atom stereocenters. The number of carboxylic acid groups (broad SMARTS) is 1. The van der Waals surface area contributed by atoms with Gasteiger partial charge in [0.05, 0.1) is 0 Å². The molecular weight excluding hydrogens is 260 g/mol. The van der Waals surface area contributed by atoms with E-state index in [0.29, 0.717) is 19.0 Å². The molecule has 100 valence electrons. The molecule has 8 heteroatoms. The van der Waals surface area contributed by atoms with Gasteiger partial charge in [-0.25, -0.2) is 4.79 Å². The smallest absolute Gasteiger partial charge is 0.329 e. The Morgan fingerprint density at radius 2 is 2.11 bits per heavy atom. The summed E-state index contributed by atoms with van der Waals surface area (Å²) in [5.41, 5.74) is -1.27. The zero-order valence-electron chi connectivity index (χ0n) is 9.60. The van der Waals surface area contributed by atoms with E-state index < -0.39 is 23.5 Å². The lowest BCUT2D eigenvalue weighted by molar-refractivity contribution is -0.152. The van der Waals surface area contributed by atoms with Crippen LogP contribution in [0.2, 0.25) is 0 Å². The van der Waals surface area contributed by atoms with Gasteiger partial charge >= 0.3 is 5.97 Å². The summed E-state index contributed by atoms with van der Waals surface area (Å²) in [6.45, 7) is 0.608. The maximum Gasteiger partial charge on any atom is 0.329 e. The molecule has 3 N–H and O–H groups in total. The lowest BCUT2D eigenvalue weighted by atomic mass is 9.90. The molecule has 0 saturated carbocycles. The second-order valence-corrected chi connectivity index (χ2v) is 5.28. The second-order valence-electron chi connectivity index (χ2n) is 4.28. The van der Waals surface area contributed by atoms with E-state index in [-0.39, 0.29) is 18.1 Å². The third-order valence-corrected chi connectivity index (χ3v) is 3.99. The molecule has 0 bridgehead atoms. The molecule has 2 rings (SSSR count). The van der Waals surface area contributed by atoms with Crippen molar-refractivity contribution in [3.8, 4) is 0 Å². The van der Waals surface area contributed by atoms with Crippen LogP contribution < -0.4 is 10.6 Å². The lowest BCUT2D eigenvalue weighted by Gasteiger charge is -2.34. The number of hydrogen-bond acceptors (Lipinski definition) is 5. The monoisotopic (exact) mass is 274 g/mol. The number of nitrogens with one attached hydrogen (secondary N) is 2. The summed E-state index contributed by atoms with van der Waals surface area (Å²) < 4.78 is 5.11. The fourth-order valence-corrected chi connectivity index (χ4v) is 2.74. The van der Waals surface area contributed by atoms with E-state index in [2.05, 4.69) is 10.6 Å². The van der Waals surface area contributed by atoms with Crippen molar-refractivity contribution in [1.29, 1.82) is 0 Å². The maximum absolute atomic E-state index is 11.9. The van der Waals surface area contributed by atoms with Crippen molar-refractivity contribution in [3.63, 3.8) is 0 Å². The van der Waals surface area contributed by atoms with E-state index in [4.69, 9.17) is 4.74 Å². The fourth-order valence-electron chi connectivity index (χ4n) is 1.96. The van der Waals surface area contributed by atoms with Crippen LogP contribution in [0.4, 0.5) is 4.79 Å². The second kappa shape index (κ2) is 5.15. The summed E-state index contributed by atoms with van der Waals surface area (Å²) >= 11 is 1.02. The Balaban J connectivity index is 2.02. The molecule has 2 fully saturated rings. The Hall–Kier alpha value is -1.28. The zero-order valence-corrected chi connectivity index (χ0v) is 10.4. The van der Waals surface area contributed by atoms with E-state index in [0.717, 1.165) is 11.8 Å². The van der Waals surface area contributed by atoms with Gasteiger partial charge in [0.2, 0.25) is 5.91 Å². The number of hydrogen-bond donors (Lipinski definition) is 3. The minimum Gasteiger partial charge on any atom is -0.480 e. The number of amides is 2. The number of carbonyl (C=O) groups is 3. The zero-order chi connectivity index (χ0) is 13.2. The van der Waals surface area contributed by atoms with Crippen LogP contribution in [-0.2, 0) is 14.3 Å². The summed E-state index contributed by atoms with van der Waals surface area (Å²) in [5.74, 6) is -1.18. The average Bonchev–Trinajstić information content (AvgIpc) is 2.77. The Kier molecular flexibility index (Phi) is 3.76. The van der Waals surface area contributed by atoms with Crippen molar-refractivity contribution in [2.24, 2.45) is 0 Å². The molecule has 7 nitrogen and oxygen atoms in total. The molecule has 2 saturated heterocycles. The van der Waals surface area contributed by atoms with Gasteiger partial charge in [-0.1, -0.05) is 11.8 Å². The Morgan fingerprint density at radius 1 is 1.44 bits per heavy atom. The summed E-state index contributed by atoms with van der Waals surface area (Å²) in [4.78, 5) is 34.3. The molecule has 0 aromatic rings. The van der Waals surface area contributed by atoms with Crippen LogP contribution >= 0.6 is 11.8 Å². The van der Waals surface area contributed by atoms with Crippen molar-refractivity contribution in [2.45, 2.75) is 24.4 Å². The van der Waals surface area contributed by atoms with Gasteiger partial charge in [-0.05, 0) is 0 Å². The molecule has 0 aromatic heterocycles. The van der Waals surface area contributed by atoms with Gasteiger partial charge in [0.1, 0.15) is 11.6 Å². The van der Waals surface area contributed by atoms with Crippen LogP contribution in [0.3, 0.4) is 0 Å². The largest absolute Gasteiger partial charge is 0.480 e. The standard InChI is InChI=1S/C10H14N2O5S/c13-7(6-5-18-9(16)11-6)12-10(8(14)15)1-3-17-4-2-10/h6H,1-5H2,(H,11,16)(H,12,13)(H,14,15). The molecular formula is C10H14N2O5S. The fraction of sp³-hybridized carbons (Fsp3) is 0.700. The van der Waals surface area contributed by atoms with Crippen LogP contribution in [0.25, 0.3) is 0 Å². The highest BCUT2D eigenvalue weighted by atomic mass is 32.2. The number of ether oxygens (including phenoxy) is 1. The SMILES string of the molecule is O=C1NC(C(=O)NC2(C(=O)O)CCOCC2)CS1. The van der Waals surface area contributed by atoms with Gasteiger partial charge in [-0.3, -0.25) is 9.59 Å². The molecule has 0 radical (unpaired) electrons. The molecule has 0 aliphatic carbocycles. The predicted octanol–water partition coefficient (Wildman–Crippen LogP) is -0.439. The quantitative estimate of drug-likeness (QED) is 0.644. The van der Waals surface area contributed by atoms with E-state index in [9.17, 15) is 19.5 Å².